The SMILES string of the molecule is CSC1(C(CN)N(C)Cc2ccccn2)CCC1. The Bertz CT molecular complexity index is 359. The van der Waals surface area contributed by atoms with Crippen LogP contribution in [0.4, 0.5) is 0 Å². The van der Waals surface area contributed by atoms with Crippen LogP contribution in [0, 0.1) is 0 Å². The van der Waals surface area contributed by atoms with Crippen LogP contribution in [0.3, 0.4) is 0 Å². The van der Waals surface area contributed by atoms with E-state index in [1.165, 1.54) is 19.3 Å². The van der Waals surface area contributed by atoms with E-state index in [0.717, 1.165) is 18.8 Å². The fourth-order valence-corrected chi connectivity index (χ4v) is 4.10. The summed E-state index contributed by atoms with van der Waals surface area (Å²) in [5, 5.41) is 0. The molecule has 0 amide bonds. The van der Waals surface area contributed by atoms with E-state index >= 15 is 0 Å². The van der Waals surface area contributed by atoms with Crippen molar-refractivity contribution in [3.8, 4) is 0 Å². The number of pyridine rings is 1. The Hall–Kier alpha value is -0.580. The lowest BCUT2D eigenvalue weighted by atomic mass is 9.78. The van der Waals surface area contributed by atoms with Gasteiger partial charge in [0.1, 0.15) is 0 Å². The Kier molecular flexibility index (Phi) is 4.65. The van der Waals surface area contributed by atoms with Crippen LogP contribution in [0.2, 0.25) is 0 Å². The van der Waals surface area contributed by atoms with Crippen LogP contribution in [0.25, 0.3) is 0 Å². The zero-order valence-corrected chi connectivity index (χ0v) is 12.1. The van der Waals surface area contributed by atoms with Crippen molar-refractivity contribution in [3.63, 3.8) is 0 Å². The summed E-state index contributed by atoms with van der Waals surface area (Å²) in [4.78, 5) is 6.77. The van der Waals surface area contributed by atoms with E-state index < -0.39 is 0 Å². The number of hydrogen-bond donors (Lipinski definition) is 1. The summed E-state index contributed by atoms with van der Waals surface area (Å²) in [6, 6.07) is 6.53. The van der Waals surface area contributed by atoms with Crippen molar-refractivity contribution in [2.24, 2.45) is 5.73 Å². The monoisotopic (exact) mass is 265 g/mol. The predicted molar refractivity (Wildman–Crippen MR) is 78.6 cm³/mol. The number of hydrogen-bond acceptors (Lipinski definition) is 4. The first-order valence-corrected chi connectivity index (χ1v) is 7.80. The number of aromatic nitrogens is 1. The third-order valence-corrected chi connectivity index (χ3v) is 5.60. The van der Waals surface area contributed by atoms with Gasteiger partial charge in [-0.1, -0.05) is 12.5 Å². The molecule has 0 aromatic carbocycles. The molecule has 1 saturated carbocycles. The summed E-state index contributed by atoms with van der Waals surface area (Å²) in [5.41, 5.74) is 7.14. The molecular formula is C14H23N3S. The molecule has 1 unspecified atom stereocenters. The summed E-state index contributed by atoms with van der Waals surface area (Å²) in [6.45, 7) is 1.61. The van der Waals surface area contributed by atoms with Crippen LogP contribution in [0.1, 0.15) is 25.0 Å². The van der Waals surface area contributed by atoms with Crippen molar-refractivity contribution in [1.82, 2.24) is 9.88 Å². The maximum Gasteiger partial charge on any atom is 0.0543 e. The topological polar surface area (TPSA) is 42.1 Å². The molecule has 0 saturated heterocycles. The normalized spacial score (nSPS) is 19.6. The maximum atomic E-state index is 6.02. The fourth-order valence-electron chi connectivity index (χ4n) is 2.85. The lowest BCUT2D eigenvalue weighted by molar-refractivity contribution is 0.143. The van der Waals surface area contributed by atoms with Crippen molar-refractivity contribution in [3.05, 3.63) is 30.1 Å². The van der Waals surface area contributed by atoms with Crippen molar-refractivity contribution in [1.29, 1.82) is 0 Å². The first-order valence-electron chi connectivity index (χ1n) is 6.57. The van der Waals surface area contributed by atoms with Crippen molar-refractivity contribution < 1.29 is 0 Å². The number of nitrogens with two attached hydrogens (primary N) is 1. The van der Waals surface area contributed by atoms with Crippen LogP contribution in [0.5, 0.6) is 0 Å². The highest BCUT2D eigenvalue weighted by atomic mass is 32.2. The van der Waals surface area contributed by atoms with Crippen molar-refractivity contribution in [2.75, 3.05) is 19.8 Å². The fraction of sp³-hybridized carbons (Fsp3) is 0.643. The molecule has 2 N–H and O–H groups in total. The molecule has 1 heterocycles. The lowest BCUT2D eigenvalue weighted by Gasteiger charge is -2.49. The minimum Gasteiger partial charge on any atom is -0.329 e. The second-order valence-corrected chi connectivity index (χ2v) is 6.33. The minimum absolute atomic E-state index is 0.373. The van der Waals surface area contributed by atoms with Gasteiger partial charge >= 0.3 is 0 Å². The van der Waals surface area contributed by atoms with Crippen LogP contribution < -0.4 is 5.73 Å². The van der Waals surface area contributed by atoms with Crippen molar-refractivity contribution in [2.45, 2.75) is 36.6 Å². The highest BCUT2D eigenvalue weighted by Crippen LogP contribution is 2.46. The molecule has 0 bridgehead atoms. The molecule has 1 aliphatic carbocycles. The Morgan fingerprint density at radius 1 is 1.50 bits per heavy atom. The number of nitrogens with zero attached hydrogens (tertiary/aromatic N) is 2. The standard InChI is InChI=1S/C14H23N3S/c1-17(11-12-6-3-4-9-16-12)13(10-15)14(18-2)7-5-8-14/h3-4,6,9,13H,5,7-8,10-11,15H2,1-2H3. The van der Waals surface area contributed by atoms with Crippen molar-refractivity contribution >= 4 is 11.8 Å². The molecule has 1 aromatic rings. The number of likely N-dealkylation sites (N-methyl/N-ethyl adjacent to an activating group) is 1. The average Bonchev–Trinajstić information content (AvgIpc) is 2.34. The van der Waals surface area contributed by atoms with E-state index in [-0.39, 0.29) is 0 Å². The van der Waals surface area contributed by atoms with Gasteiger partial charge in [0.15, 0.2) is 0 Å². The van der Waals surface area contributed by atoms with Gasteiger partial charge in [0.25, 0.3) is 0 Å². The van der Waals surface area contributed by atoms with Gasteiger partial charge in [-0.2, -0.15) is 11.8 Å². The molecule has 4 heteroatoms. The summed E-state index contributed by atoms with van der Waals surface area (Å²) >= 11 is 1.99. The molecule has 1 aliphatic rings. The molecule has 1 fully saturated rings. The molecule has 0 aliphatic heterocycles. The Morgan fingerprint density at radius 3 is 2.72 bits per heavy atom. The van der Waals surface area contributed by atoms with E-state index in [4.69, 9.17) is 5.73 Å². The average molecular weight is 265 g/mol. The lowest BCUT2D eigenvalue weighted by Crippen LogP contribution is -2.56. The molecule has 1 atom stereocenters. The second-order valence-electron chi connectivity index (χ2n) is 5.11. The van der Waals surface area contributed by atoms with Crippen LogP contribution in [-0.2, 0) is 6.54 Å². The quantitative estimate of drug-likeness (QED) is 0.855. The highest BCUT2D eigenvalue weighted by molar-refractivity contribution is 8.00. The smallest absolute Gasteiger partial charge is 0.0543 e. The second kappa shape index (κ2) is 6.04. The molecule has 100 valence electrons. The number of rotatable bonds is 6. The van der Waals surface area contributed by atoms with E-state index in [9.17, 15) is 0 Å². The largest absolute Gasteiger partial charge is 0.329 e. The highest BCUT2D eigenvalue weighted by Gasteiger charge is 2.44. The van der Waals surface area contributed by atoms with Gasteiger partial charge in [-0.3, -0.25) is 9.88 Å². The van der Waals surface area contributed by atoms with E-state index in [0.29, 0.717) is 10.8 Å². The zero-order valence-electron chi connectivity index (χ0n) is 11.3. The zero-order chi connectivity index (χ0) is 13.0. The van der Waals surface area contributed by atoms with Crippen LogP contribution >= 0.6 is 11.8 Å². The summed E-state index contributed by atoms with van der Waals surface area (Å²) in [5.74, 6) is 0. The van der Waals surface area contributed by atoms with Gasteiger partial charge in [0.05, 0.1) is 5.69 Å². The maximum absolute atomic E-state index is 6.02. The Balaban J connectivity index is 2.04. The van der Waals surface area contributed by atoms with Crippen LogP contribution in [0.15, 0.2) is 24.4 Å². The van der Waals surface area contributed by atoms with Gasteiger partial charge in [-0.05, 0) is 38.3 Å². The van der Waals surface area contributed by atoms with E-state index in [1.54, 1.807) is 0 Å². The molecule has 18 heavy (non-hydrogen) atoms. The first kappa shape index (κ1) is 13.8. The third-order valence-electron chi connectivity index (χ3n) is 4.11. The molecule has 2 rings (SSSR count). The molecule has 1 aromatic heterocycles. The van der Waals surface area contributed by atoms with Gasteiger partial charge in [0.2, 0.25) is 0 Å². The third kappa shape index (κ3) is 2.71. The molecule has 0 radical (unpaired) electrons. The molecule has 0 spiro atoms. The Labute approximate surface area is 114 Å². The minimum atomic E-state index is 0.373. The van der Waals surface area contributed by atoms with Gasteiger partial charge in [-0.15, -0.1) is 0 Å². The predicted octanol–water partition coefficient (Wildman–Crippen LogP) is 2.13. The van der Waals surface area contributed by atoms with E-state index in [2.05, 4.69) is 29.3 Å². The van der Waals surface area contributed by atoms with Gasteiger partial charge in [-0.25, -0.2) is 0 Å². The van der Waals surface area contributed by atoms with E-state index in [1.807, 2.05) is 30.1 Å². The van der Waals surface area contributed by atoms with Crippen LogP contribution in [-0.4, -0.2) is 40.5 Å². The van der Waals surface area contributed by atoms with Gasteiger partial charge in [0, 0.05) is 30.1 Å². The summed E-state index contributed by atoms with van der Waals surface area (Å²) in [7, 11) is 2.17. The first-order chi connectivity index (χ1) is 8.72. The number of thioether (sulfide) groups is 1. The Morgan fingerprint density at radius 2 is 2.28 bits per heavy atom. The molecular weight excluding hydrogens is 242 g/mol. The summed E-state index contributed by atoms with van der Waals surface area (Å²) in [6.07, 6.45) is 8.00. The summed E-state index contributed by atoms with van der Waals surface area (Å²) < 4.78 is 0.373. The molecule has 3 nitrogen and oxygen atoms in total. The van der Waals surface area contributed by atoms with Gasteiger partial charge < -0.3 is 5.73 Å².